The van der Waals surface area contributed by atoms with Gasteiger partial charge in [-0.1, -0.05) is 0 Å². The van der Waals surface area contributed by atoms with E-state index in [0.29, 0.717) is 16.1 Å². The van der Waals surface area contributed by atoms with Gasteiger partial charge >= 0.3 is 5.97 Å². The maximum atomic E-state index is 13.5. The number of amides is 1. The van der Waals surface area contributed by atoms with E-state index in [4.69, 9.17) is 5.11 Å². The number of H-pyrrole nitrogens is 1. The summed E-state index contributed by atoms with van der Waals surface area (Å²) in [4.78, 5) is 19.5. The van der Waals surface area contributed by atoms with E-state index >= 15 is 0 Å². The molecule has 1 unspecified atom stereocenters. The Bertz CT molecular complexity index is 997. The molecule has 11 heteroatoms. The second-order valence-electron chi connectivity index (χ2n) is 5.87. The molecule has 2 aromatic heterocycles. The molecule has 1 amide bonds. The van der Waals surface area contributed by atoms with Crippen molar-refractivity contribution in [3.63, 3.8) is 0 Å². The number of carbonyl (C=O) groups excluding carboxylic acids is 1. The molecule has 0 aliphatic carbocycles. The number of nitrogens with zero attached hydrogens (tertiary/aromatic N) is 1. The van der Waals surface area contributed by atoms with Gasteiger partial charge in [0.2, 0.25) is 0 Å². The number of benzene rings is 1. The van der Waals surface area contributed by atoms with Crippen LogP contribution in [0.2, 0.25) is 0 Å². The highest BCUT2D eigenvalue weighted by Crippen LogP contribution is 2.28. The number of aliphatic hydroxyl groups is 4. The van der Waals surface area contributed by atoms with Crippen LogP contribution in [0.15, 0.2) is 36.5 Å². The van der Waals surface area contributed by atoms with Crippen LogP contribution in [-0.2, 0) is 6.61 Å². The number of aliphatic hydroxyl groups excluding tert-OH is 1. The molecule has 1 atom stereocenters. The van der Waals surface area contributed by atoms with Crippen molar-refractivity contribution in [2.24, 2.45) is 0 Å². The molecule has 0 aliphatic heterocycles. The van der Waals surface area contributed by atoms with Crippen molar-refractivity contribution < 1.29 is 34.7 Å². The smallest absolute Gasteiger partial charge is 0.303 e. The lowest BCUT2D eigenvalue weighted by molar-refractivity contribution is -0.328. The Labute approximate surface area is 161 Å². The molecule has 3 rings (SSSR count). The van der Waals surface area contributed by atoms with E-state index in [1.54, 1.807) is 0 Å². The lowest BCUT2D eigenvalue weighted by Crippen LogP contribution is -2.46. The summed E-state index contributed by atoms with van der Waals surface area (Å²) in [7, 11) is 0. The number of nitrogens with one attached hydrogen (secondary N) is 2. The molecule has 148 valence electrons. The average molecular weight is 409 g/mol. The quantitative estimate of drug-likeness (QED) is 0.293. The van der Waals surface area contributed by atoms with Crippen molar-refractivity contribution >= 4 is 17.2 Å². The number of carbonyl (C=O) groups is 1. The second-order valence-corrected chi connectivity index (χ2v) is 7.02. The van der Waals surface area contributed by atoms with Gasteiger partial charge in [-0.25, -0.2) is 9.37 Å². The summed E-state index contributed by atoms with van der Waals surface area (Å²) in [6.07, 6.45) is 1.27. The molecule has 0 radical (unpaired) electrons. The summed E-state index contributed by atoms with van der Waals surface area (Å²) in [5.74, 6) is -5.42. The van der Waals surface area contributed by atoms with E-state index in [2.05, 4.69) is 15.3 Å². The Morgan fingerprint density at radius 2 is 2.04 bits per heavy atom. The fraction of sp³-hybridized carbons (Fsp3) is 0.176. The van der Waals surface area contributed by atoms with Gasteiger partial charge in [0, 0.05) is 17.5 Å². The third kappa shape index (κ3) is 4.18. The molecule has 0 saturated heterocycles. The maximum absolute atomic E-state index is 13.5. The fourth-order valence-electron chi connectivity index (χ4n) is 2.43. The Morgan fingerprint density at radius 3 is 2.64 bits per heavy atom. The van der Waals surface area contributed by atoms with E-state index < -0.39 is 29.5 Å². The van der Waals surface area contributed by atoms with E-state index in [0.717, 1.165) is 17.4 Å². The van der Waals surface area contributed by atoms with Crippen LogP contribution in [0.4, 0.5) is 4.39 Å². The molecular formula is C17H16FN3O6S. The molecular weight excluding hydrogens is 393 g/mol. The zero-order chi connectivity index (χ0) is 20.5. The SMILES string of the molecule is O=C(NC(c1ncc(CO)s1)C(O)(O)O)c1ccc(-c2ccc(O)c(F)c2)[nH]1. The lowest BCUT2D eigenvalue weighted by Gasteiger charge is -2.24. The molecule has 28 heavy (non-hydrogen) atoms. The topological polar surface area (TPSA) is 159 Å². The zero-order valence-corrected chi connectivity index (χ0v) is 14.9. The third-order valence-corrected chi connectivity index (χ3v) is 4.87. The normalized spacial score (nSPS) is 12.8. The van der Waals surface area contributed by atoms with Crippen LogP contribution in [0, 0.1) is 5.82 Å². The monoisotopic (exact) mass is 409 g/mol. The van der Waals surface area contributed by atoms with Crippen molar-refractivity contribution in [1.29, 1.82) is 0 Å². The van der Waals surface area contributed by atoms with Gasteiger partial charge in [0.1, 0.15) is 10.7 Å². The van der Waals surface area contributed by atoms with Gasteiger partial charge in [0.05, 0.1) is 11.5 Å². The number of hydrogen-bond acceptors (Lipinski definition) is 8. The maximum Gasteiger partial charge on any atom is 0.303 e. The highest BCUT2D eigenvalue weighted by atomic mass is 32.1. The number of aromatic amines is 1. The third-order valence-electron chi connectivity index (χ3n) is 3.83. The first-order valence-corrected chi connectivity index (χ1v) is 8.72. The van der Waals surface area contributed by atoms with Gasteiger partial charge in [-0.3, -0.25) is 4.79 Å². The average Bonchev–Trinajstić information content (AvgIpc) is 3.30. The molecule has 0 fully saturated rings. The van der Waals surface area contributed by atoms with Crippen LogP contribution in [0.3, 0.4) is 0 Å². The molecule has 2 heterocycles. The van der Waals surface area contributed by atoms with Crippen molar-refractivity contribution in [3.05, 3.63) is 57.9 Å². The predicted octanol–water partition coefficient (Wildman–Crippen LogP) is 0.577. The largest absolute Gasteiger partial charge is 0.505 e. The van der Waals surface area contributed by atoms with E-state index in [1.165, 1.54) is 30.5 Å². The number of halogens is 1. The second kappa shape index (κ2) is 7.66. The van der Waals surface area contributed by atoms with E-state index in [-0.39, 0.29) is 17.3 Å². The molecule has 1 aromatic carbocycles. The van der Waals surface area contributed by atoms with Crippen molar-refractivity contribution in [2.75, 3.05) is 0 Å². The van der Waals surface area contributed by atoms with Crippen molar-refractivity contribution in [2.45, 2.75) is 18.6 Å². The van der Waals surface area contributed by atoms with Crippen molar-refractivity contribution in [3.8, 4) is 17.0 Å². The van der Waals surface area contributed by atoms with Crippen LogP contribution in [0.5, 0.6) is 5.75 Å². The number of phenolic OH excluding ortho intramolecular Hbond substituents is 1. The van der Waals surface area contributed by atoms with E-state index in [9.17, 15) is 29.6 Å². The van der Waals surface area contributed by atoms with Crippen LogP contribution >= 0.6 is 11.3 Å². The number of aromatic hydroxyl groups is 1. The van der Waals surface area contributed by atoms with Gasteiger partial charge in [0.15, 0.2) is 17.6 Å². The zero-order valence-electron chi connectivity index (χ0n) is 14.1. The molecule has 0 aliphatic rings. The standard InChI is InChI=1S/C17H16FN3O6S/c18-10-5-8(1-4-13(10)23)11-2-3-12(20-11)15(24)21-14(17(25,26)27)16-19-6-9(7-22)28-16/h1-6,14,20,22-23,25-27H,7H2,(H,21,24). The Morgan fingerprint density at radius 1 is 1.29 bits per heavy atom. The minimum absolute atomic E-state index is 0.00308. The first-order chi connectivity index (χ1) is 13.2. The summed E-state index contributed by atoms with van der Waals surface area (Å²) in [6.45, 7) is -0.337. The van der Waals surface area contributed by atoms with Crippen LogP contribution < -0.4 is 5.32 Å². The summed E-state index contributed by atoms with van der Waals surface area (Å²) in [5, 5.41) is 49.3. The highest BCUT2D eigenvalue weighted by Gasteiger charge is 2.38. The fourth-order valence-corrected chi connectivity index (χ4v) is 3.31. The van der Waals surface area contributed by atoms with Gasteiger partial charge < -0.3 is 35.8 Å². The number of rotatable bonds is 6. The van der Waals surface area contributed by atoms with Gasteiger partial charge in [0.25, 0.3) is 5.91 Å². The Kier molecular flexibility index (Phi) is 5.45. The molecule has 0 bridgehead atoms. The summed E-state index contributed by atoms with van der Waals surface area (Å²) < 4.78 is 13.5. The summed E-state index contributed by atoms with van der Waals surface area (Å²) in [5.41, 5.74) is 0.747. The first kappa shape index (κ1) is 19.9. The van der Waals surface area contributed by atoms with Crippen LogP contribution in [0.1, 0.15) is 26.4 Å². The highest BCUT2D eigenvalue weighted by molar-refractivity contribution is 7.11. The van der Waals surface area contributed by atoms with Crippen molar-refractivity contribution in [1.82, 2.24) is 15.3 Å². The predicted molar refractivity (Wildman–Crippen MR) is 95.5 cm³/mol. The number of hydrogen-bond donors (Lipinski definition) is 7. The number of aromatic nitrogens is 2. The Hall–Kier alpha value is -2.83. The molecule has 0 saturated carbocycles. The van der Waals surface area contributed by atoms with Crippen LogP contribution in [-0.4, -0.2) is 47.4 Å². The summed E-state index contributed by atoms with van der Waals surface area (Å²) >= 11 is 0.879. The Balaban J connectivity index is 1.82. The minimum atomic E-state index is -3.30. The van der Waals surface area contributed by atoms with E-state index in [1.807, 2.05) is 0 Å². The molecule has 0 spiro atoms. The van der Waals surface area contributed by atoms with Gasteiger partial charge in [-0.15, -0.1) is 11.3 Å². The molecule has 9 nitrogen and oxygen atoms in total. The summed E-state index contributed by atoms with van der Waals surface area (Å²) in [6, 6.07) is 4.89. The molecule has 3 aromatic rings. The molecule has 7 N–H and O–H groups in total. The first-order valence-electron chi connectivity index (χ1n) is 7.90. The van der Waals surface area contributed by atoms with Gasteiger partial charge in [-0.2, -0.15) is 0 Å². The minimum Gasteiger partial charge on any atom is -0.505 e. The van der Waals surface area contributed by atoms with Crippen LogP contribution in [0.25, 0.3) is 11.3 Å². The lowest BCUT2D eigenvalue weighted by atomic mass is 10.1. The number of thiazole rings is 1. The number of phenols is 1. The van der Waals surface area contributed by atoms with Gasteiger partial charge in [-0.05, 0) is 30.3 Å².